The average molecular weight is 355 g/mol. The number of oxazole rings is 1. The first-order chi connectivity index (χ1) is 12.0. The molecule has 6 heteroatoms. The molecule has 1 saturated heterocycles. The van der Waals surface area contributed by atoms with Crippen molar-refractivity contribution >= 4 is 39.5 Å². The Morgan fingerprint density at radius 1 is 1.24 bits per heavy atom. The number of rotatable bonds is 3. The minimum atomic E-state index is -0.472. The van der Waals surface area contributed by atoms with Gasteiger partial charge < -0.3 is 9.32 Å². The van der Waals surface area contributed by atoms with E-state index in [0.717, 1.165) is 11.1 Å². The number of aryl methyl sites for hydroxylation is 1. The van der Waals surface area contributed by atoms with Gasteiger partial charge in [-0.15, -0.1) is 0 Å². The van der Waals surface area contributed by atoms with Crippen molar-refractivity contribution in [2.45, 2.75) is 13.3 Å². The van der Waals surface area contributed by atoms with Crippen LogP contribution in [0, 0.1) is 12.8 Å². The highest BCUT2D eigenvalue weighted by atomic mass is 35.5. The molecule has 0 saturated carbocycles. The van der Waals surface area contributed by atoms with Gasteiger partial charge in [0.1, 0.15) is 5.52 Å². The number of nitrogens with zero attached hydrogens (tertiary/aromatic N) is 2. The molecule has 1 amide bonds. The van der Waals surface area contributed by atoms with E-state index in [9.17, 15) is 9.59 Å². The summed E-state index contributed by atoms with van der Waals surface area (Å²) in [6.07, 6.45) is 0.147. The van der Waals surface area contributed by atoms with Crippen molar-refractivity contribution in [2.75, 3.05) is 11.4 Å². The van der Waals surface area contributed by atoms with Crippen molar-refractivity contribution in [3.05, 3.63) is 48.0 Å². The monoisotopic (exact) mass is 354 g/mol. The average Bonchev–Trinajstić information content (AvgIpc) is 3.18. The molecule has 2 aromatic carbocycles. The summed E-state index contributed by atoms with van der Waals surface area (Å²) in [6, 6.07) is 13.3. The van der Waals surface area contributed by atoms with Crippen LogP contribution in [-0.2, 0) is 9.59 Å². The van der Waals surface area contributed by atoms with Crippen LogP contribution in [0.2, 0.25) is 0 Å². The molecular formula is C19H15ClN2O3. The second-order valence-electron chi connectivity index (χ2n) is 6.25. The summed E-state index contributed by atoms with van der Waals surface area (Å²) in [6.45, 7) is 2.32. The summed E-state index contributed by atoms with van der Waals surface area (Å²) in [7, 11) is 0. The number of aromatic nitrogens is 1. The molecule has 0 bridgehead atoms. The highest BCUT2D eigenvalue weighted by Gasteiger charge is 2.34. The number of carbonyl (C=O) groups excluding carboxylic acids is 2. The van der Waals surface area contributed by atoms with Crippen LogP contribution in [0.1, 0.15) is 12.0 Å². The maximum Gasteiger partial charge on any atom is 0.227 e. The Bertz CT molecular complexity index is 978. The largest absolute Gasteiger partial charge is 0.436 e. The van der Waals surface area contributed by atoms with Crippen molar-refractivity contribution in [3.63, 3.8) is 0 Å². The van der Waals surface area contributed by atoms with E-state index in [1.807, 2.05) is 31.2 Å². The number of anilines is 1. The molecular weight excluding hydrogens is 340 g/mol. The van der Waals surface area contributed by atoms with E-state index in [2.05, 4.69) is 4.98 Å². The number of halogens is 1. The van der Waals surface area contributed by atoms with Crippen molar-refractivity contribution in [1.29, 1.82) is 0 Å². The predicted molar refractivity (Wildman–Crippen MR) is 95.5 cm³/mol. The van der Waals surface area contributed by atoms with E-state index in [4.69, 9.17) is 16.0 Å². The smallest absolute Gasteiger partial charge is 0.227 e. The lowest BCUT2D eigenvalue weighted by Crippen LogP contribution is -2.25. The summed E-state index contributed by atoms with van der Waals surface area (Å²) in [5, 5.41) is -0.472. The number of hydrogen-bond acceptors (Lipinski definition) is 4. The zero-order chi connectivity index (χ0) is 17.6. The van der Waals surface area contributed by atoms with E-state index < -0.39 is 11.2 Å². The second-order valence-corrected chi connectivity index (χ2v) is 6.62. The first kappa shape index (κ1) is 15.8. The molecule has 126 valence electrons. The number of carbonyl (C=O) groups is 2. The van der Waals surface area contributed by atoms with Crippen LogP contribution in [0.4, 0.5) is 5.69 Å². The summed E-state index contributed by atoms with van der Waals surface area (Å²) in [5.41, 5.74) is 4.07. The van der Waals surface area contributed by atoms with E-state index in [1.165, 1.54) is 0 Å². The summed E-state index contributed by atoms with van der Waals surface area (Å²) < 4.78 is 5.81. The van der Waals surface area contributed by atoms with E-state index in [0.29, 0.717) is 29.2 Å². The fourth-order valence-electron chi connectivity index (χ4n) is 3.01. The Morgan fingerprint density at radius 2 is 2.00 bits per heavy atom. The standard InChI is InChI=1S/C19H15ClN2O3/c1-11-2-4-12(5-3-11)19-21-15-9-14(6-7-16(15)25-19)22-10-13(18(20)24)8-17(22)23/h2-7,9,13H,8,10H2,1H3. The molecule has 0 N–H and O–H groups in total. The summed E-state index contributed by atoms with van der Waals surface area (Å²) in [5.74, 6) is -0.0281. The zero-order valence-electron chi connectivity index (χ0n) is 13.5. The minimum Gasteiger partial charge on any atom is -0.436 e. The van der Waals surface area contributed by atoms with Gasteiger partial charge >= 0.3 is 0 Å². The fourth-order valence-corrected chi connectivity index (χ4v) is 3.16. The van der Waals surface area contributed by atoms with Crippen LogP contribution in [-0.4, -0.2) is 22.7 Å². The number of hydrogen-bond donors (Lipinski definition) is 0. The first-order valence-electron chi connectivity index (χ1n) is 7.98. The van der Waals surface area contributed by atoms with Gasteiger partial charge in [-0.2, -0.15) is 0 Å². The summed E-state index contributed by atoms with van der Waals surface area (Å²) >= 11 is 5.53. The molecule has 3 aromatic rings. The van der Waals surface area contributed by atoms with Crippen LogP contribution in [0.25, 0.3) is 22.6 Å². The van der Waals surface area contributed by atoms with Gasteiger partial charge in [-0.1, -0.05) is 17.7 Å². The highest BCUT2D eigenvalue weighted by molar-refractivity contribution is 6.64. The third-order valence-corrected chi connectivity index (χ3v) is 4.74. The van der Waals surface area contributed by atoms with Gasteiger partial charge in [-0.05, 0) is 48.9 Å². The lowest BCUT2D eigenvalue weighted by Gasteiger charge is -2.15. The van der Waals surface area contributed by atoms with Crippen LogP contribution < -0.4 is 4.90 Å². The van der Waals surface area contributed by atoms with E-state index in [1.54, 1.807) is 23.1 Å². The van der Waals surface area contributed by atoms with Gasteiger partial charge in [0, 0.05) is 24.2 Å². The van der Waals surface area contributed by atoms with Gasteiger partial charge in [0.25, 0.3) is 0 Å². The first-order valence-corrected chi connectivity index (χ1v) is 8.36. The molecule has 2 heterocycles. The highest BCUT2D eigenvalue weighted by Crippen LogP contribution is 2.31. The third-order valence-electron chi connectivity index (χ3n) is 4.43. The van der Waals surface area contributed by atoms with Crippen molar-refractivity contribution in [3.8, 4) is 11.5 Å². The van der Waals surface area contributed by atoms with Crippen LogP contribution in [0.5, 0.6) is 0 Å². The van der Waals surface area contributed by atoms with Crippen molar-refractivity contribution in [1.82, 2.24) is 4.98 Å². The van der Waals surface area contributed by atoms with E-state index >= 15 is 0 Å². The lowest BCUT2D eigenvalue weighted by molar-refractivity contribution is -0.120. The fraction of sp³-hybridized carbons (Fsp3) is 0.211. The Balaban J connectivity index is 1.68. The van der Waals surface area contributed by atoms with Gasteiger partial charge in [0.2, 0.25) is 17.0 Å². The molecule has 1 aliphatic heterocycles. The van der Waals surface area contributed by atoms with Gasteiger partial charge in [-0.3, -0.25) is 9.59 Å². The maximum atomic E-state index is 12.2. The third kappa shape index (κ3) is 2.91. The number of fused-ring (bicyclic) bond motifs is 1. The SMILES string of the molecule is Cc1ccc(-c2nc3cc(N4CC(C(=O)Cl)CC4=O)ccc3o2)cc1. The Morgan fingerprint density at radius 3 is 2.68 bits per heavy atom. The van der Waals surface area contributed by atoms with Crippen LogP contribution in [0.3, 0.4) is 0 Å². The Kier molecular flexibility index (Phi) is 3.81. The van der Waals surface area contributed by atoms with Crippen molar-refractivity contribution < 1.29 is 14.0 Å². The molecule has 1 aliphatic rings. The molecule has 0 spiro atoms. The molecule has 0 aliphatic carbocycles. The normalized spacial score (nSPS) is 17.4. The quantitative estimate of drug-likeness (QED) is 0.669. The van der Waals surface area contributed by atoms with Crippen molar-refractivity contribution in [2.24, 2.45) is 5.92 Å². The molecule has 1 aromatic heterocycles. The van der Waals surface area contributed by atoms with Gasteiger partial charge in [-0.25, -0.2) is 4.98 Å². The van der Waals surface area contributed by atoms with Crippen LogP contribution >= 0.6 is 11.6 Å². The molecule has 0 radical (unpaired) electrons. The summed E-state index contributed by atoms with van der Waals surface area (Å²) in [4.78, 5) is 29.6. The lowest BCUT2D eigenvalue weighted by atomic mass is 10.1. The molecule has 1 atom stereocenters. The zero-order valence-corrected chi connectivity index (χ0v) is 14.3. The second kappa shape index (κ2) is 6.01. The number of amides is 1. The Labute approximate surface area is 149 Å². The van der Waals surface area contributed by atoms with Gasteiger partial charge in [0.05, 0.1) is 5.92 Å². The number of benzene rings is 2. The molecule has 4 rings (SSSR count). The Hall–Kier alpha value is -2.66. The predicted octanol–water partition coefficient (Wildman–Crippen LogP) is 3.92. The maximum absolute atomic E-state index is 12.2. The topological polar surface area (TPSA) is 63.4 Å². The van der Waals surface area contributed by atoms with Crippen LogP contribution in [0.15, 0.2) is 46.9 Å². The molecule has 1 unspecified atom stereocenters. The van der Waals surface area contributed by atoms with Gasteiger partial charge in [0.15, 0.2) is 5.58 Å². The molecule has 25 heavy (non-hydrogen) atoms. The van der Waals surface area contributed by atoms with E-state index in [-0.39, 0.29) is 12.3 Å². The molecule has 5 nitrogen and oxygen atoms in total. The minimum absolute atomic E-state index is 0.111. The molecule has 1 fully saturated rings.